The summed E-state index contributed by atoms with van der Waals surface area (Å²) in [4.78, 5) is 9.29. The normalized spacial score (nSPS) is 20.4. The molecule has 3 aromatic heterocycles. The molecule has 2 N–H and O–H groups in total. The van der Waals surface area contributed by atoms with E-state index in [4.69, 9.17) is 20.6 Å². The second-order valence-electron chi connectivity index (χ2n) is 9.52. The Morgan fingerprint density at radius 1 is 1.09 bits per heavy atom. The molecule has 3 aliphatic rings. The standard InChI is InChI=1S/C27H24FN5O/c1-14-21-12-17(28)6-7-19(21)25-18(3-2-9-30-25)20-8-10-33-26(20)23(24(32-33)15-4-5-15)16-11-22(34-14)27(29)31-13-16/h2-3,6-7,9,11-15,20H,4-5,8,10H2,1H3,(H2,29,31)/t14-,20?/m1/s1. The number of halogens is 1. The molecule has 1 unspecified atom stereocenters. The van der Waals surface area contributed by atoms with E-state index >= 15 is 0 Å². The Bertz CT molecular complexity index is 1460. The Balaban J connectivity index is 1.56. The highest BCUT2D eigenvalue weighted by molar-refractivity contribution is 5.76. The van der Waals surface area contributed by atoms with Gasteiger partial charge >= 0.3 is 0 Å². The quantitative estimate of drug-likeness (QED) is 0.406. The number of hydrogen-bond acceptors (Lipinski definition) is 5. The van der Waals surface area contributed by atoms with Crippen molar-refractivity contribution in [3.05, 3.63) is 77.1 Å². The number of nitrogen functional groups attached to an aromatic ring is 1. The van der Waals surface area contributed by atoms with Gasteiger partial charge < -0.3 is 10.5 Å². The second-order valence-corrected chi connectivity index (χ2v) is 9.52. The van der Waals surface area contributed by atoms with Crippen molar-refractivity contribution in [3.63, 3.8) is 0 Å². The molecule has 5 heterocycles. The third kappa shape index (κ3) is 2.89. The van der Waals surface area contributed by atoms with E-state index in [2.05, 4.69) is 15.7 Å². The van der Waals surface area contributed by atoms with Crippen LogP contribution in [0.15, 0.2) is 48.8 Å². The van der Waals surface area contributed by atoms with Crippen molar-refractivity contribution in [2.24, 2.45) is 0 Å². The van der Waals surface area contributed by atoms with Crippen LogP contribution in [0.25, 0.3) is 22.4 Å². The molecule has 1 aromatic carbocycles. The number of nitrogens with zero attached hydrogens (tertiary/aromatic N) is 4. The van der Waals surface area contributed by atoms with Crippen LogP contribution < -0.4 is 10.5 Å². The zero-order valence-electron chi connectivity index (χ0n) is 18.8. The van der Waals surface area contributed by atoms with Crippen LogP contribution in [0.1, 0.15) is 66.6 Å². The fourth-order valence-corrected chi connectivity index (χ4v) is 5.60. The predicted octanol–water partition coefficient (Wildman–Crippen LogP) is 5.59. The van der Waals surface area contributed by atoms with Crippen LogP contribution in [-0.4, -0.2) is 19.7 Å². The fourth-order valence-electron chi connectivity index (χ4n) is 5.60. The van der Waals surface area contributed by atoms with Gasteiger partial charge in [-0.15, -0.1) is 0 Å². The molecular formula is C27H24FN5O. The Morgan fingerprint density at radius 2 is 1.97 bits per heavy atom. The molecule has 2 bridgehead atoms. The molecule has 0 saturated heterocycles. The molecule has 0 amide bonds. The summed E-state index contributed by atoms with van der Waals surface area (Å²) in [6, 6.07) is 10.9. The highest BCUT2D eigenvalue weighted by atomic mass is 19.1. The van der Waals surface area contributed by atoms with Gasteiger partial charge in [0, 0.05) is 53.0 Å². The van der Waals surface area contributed by atoms with Crippen LogP contribution in [0.2, 0.25) is 0 Å². The number of ether oxygens (including phenoxy) is 1. The van der Waals surface area contributed by atoms with Gasteiger partial charge in [-0.1, -0.05) is 6.07 Å². The first-order chi connectivity index (χ1) is 16.6. The van der Waals surface area contributed by atoms with Crippen LogP contribution >= 0.6 is 0 Å². The monoisotopic (exact) mass is 453 g/mol. The maximum atomic E-state index is 14.4. The number of hydrogen-bond donors (Lipinski definition) is 1. The largest absolute Gasteiger partial charge is 0.482 e. The molecule has 0 radical (unpaired) electrons. The lowest BCUT2D eigenvalue weighted by Gasteiger charge is -2.23. The minimum atomic E-state index is -0.451. The summed E-state index contributed by atoms with van der Waals surface area (Å²) in [5, 5.41) is 5.07. The van der Waals surface area contributed by atoms with Crippen molar-refractivity contribution in [1.29, 1.82) is 0 Å². The van der Waals surface area contributed by atoms with Crippen LogP contribution in [-0.2, 0) is 6.54 Å². The van der Waals surface area contributed by atoms with E-state index < -0.39 is 6.10 Å². The zero-order valence-corrected chi connectivity index (χ0v) is 18.8. The van der Waals surface area contributed by atoms with E-state index in [9.17, 15) is 4.39 Å². The molecule has 34 heavy (non-hydrogen) atoms. The molecule has 1 fully saturated rings. The average Bonchev–Trinajstić information content (AvgIpc) is 3.50. The maximum Gasteiger partial charge on any atom is 0.166 e. The van der Waals surface area contributed by atoms with Crippen LogP contribution in [0, 0.1) is 5.82 Å². The lowest BCUT2D eigenvalue weighted by molar-refractivity contribution is 0.227. The van der Waals surface area contributed by atoms with Gasteiger partial charge in [-0.2, -0.15) is 5.10 Å². The van der Waals surface area contributed by atoms with Gasteiger partial charge in [0.15, 0.2) is 11.6 Å². The van der Waals surface area contributed by atoms with Crippen LogP contribution in [0.3, 0.4) is 0 Å². The summed E-state index contributed by atoms with van der Waals surface area (Å²) < 4.78 is 22.9. The van der Waals surface area contributed by atoms with Gasteiger partial charge in [0.25, 0.3) is 0 Å². The number of nitrogens with two attached hydrogens (primary N) is 1. The molecule has 0 spiro atoms. The summed E-state index contributed by atoms with van der Waals surface area (Å²) in [6.07, 6.45) is 6.44. The third-order valence-electron chi connectivity index (χ3n) is 7.34. The number of fused-ring (bicyclic) bond motifs is 7. The molecule has 2 aliphatic heterocycles. The summed E-state index contributed by atoms with van der Waals surface area (Å²) in [6.45, 7) is 2.76. The molecule has 170 valence electrons. The number of anilines is 1. The van der Waals surface area contributed by atoms with Crippen molar-refractivity contribution < 1.29 is 9.13 Å². The lowest BCUT2D eigenvalue weighted by Crippen LogP contribution is -2.11. The van der Waals surface area contributed by atoms with E-state index in [1.54, 1.807) is 6.20 Å². The Hall–Kier alpha value is -3.74. The summed E-state index contributed by atoms with van der Waals surface area (Å²) in [5.41, 5.74) is 14.3. The van der Waals surface area contributed by atoms with E-state index in [0.717, 1.165) is 65.0 Å². The maximum absolute atomic E-state index is 14.4. The molecule has 2 atom stereocenters. The van der Waals surface area contributed by atoms with Crippen molar-refractivity contribution >= 4 is 5.82 Å². The molecule has 7 rings (SSSR count). The van der Waals surface area contributed by atoms with Gasteiger partial charge in [-0.05, 0) is 62.1 Å². The highest BCUT2D eigenvalue weighted by Gasteiger charge is 2.39. The van der Waals surface area contributed by atoms with E-state index in [0.29, 0.717) is 17.5 Å². The summed E-state index contributed by atoms with van der Waals surface area (Å²) in [7, 11) is 0. The average molecular weight is 454 g/mol. The van der Waals surface area contributed by atoms with E-state index in [1.807, 2.05) is 31.3 Å². The first-order valence-corrected chi connectivity index (χ1v) is 11.9. The first kappa shape index (κ1) is 19.7. The van der Waals surface area contributed by atoms with Crippen molar-refractivity contribution in [2.45, 2.75) is 50.7 Å². The van der Waals surface area contributed by atoms with Crippen molar-refractivity contribution in [3.8, 4) is 28.1 Å². The number of pyridine rings is 2. The van der Waals surface area contributed by atoms with Crippen molar-refractivity contribution in [2.75, 3.05) is 5.73 Å². The topological polar surface area (TPSA) is 78.9 Å². The predicted molar refractivity (Wildman–Crippen MR) is 127 cm³/mol. The molecule has 7 heteroatoms. The Morgan fingerprint density at radius 3 is 2.82 bits per heavy atom. The van der Waals surface area contributed by atoms with Gasteiger partial charge in [-0.3, -0.25) is 9.67 Å². The molecule has 4 aromatic rings. The number of aryl methyl sites for hydroxylation is 1. The SMILES string of the molecule is C[C@H]1Oc2cc(cnc2N)-c2c(C3CC3)nn3c2C(CC3)c2cccnc2-c2ccc(F)cc21. The van der Waals surface area contributed by atoms with Crippen LogP contribution in [0.5, 0.6) is 5.75 Å². The van der Waals surface area contributed by atoms with E-state index in [1.165, 1.54) is 17.8 Å². The number of benzene rings is 1. The minimum absolute atomic E-state index is 0.133. The Labute approximate surface area is 196 Å². The Kier molecular flexibility index (Phi) is 4.13. The lowest BCUT2D eigenvalue weighted by atomic mass is 9.85. The molecular weight excluding hydrogens is 429 g/mol. The van der Waals surface area contributed by atoms with Gasteiger partial charge in [0.05, 0.1) is 17.1 Å². The summed E-state index contributed by atoms with van der Waals surface area (Å²) in [5.74, 6) is 1.12. The smallest absolute Gasteiger partial charge is 0.166 e. The van der Waals surface area contributed by atoms with Gasteiger partial charge in [0.1, 0.15) is 11.9 Å². The second kappa shape index (κ2) is 7.13. The molecule has 1 saturated carbocycles. The molecule has 1 aliphatic carbocycles. The van der Waals surface area contributed by atoms with Crippen LogP contribution in [0.4, 0.5) is 10.2 Å². The highest BCUT2D eigenvalue weighted by Crippen LogP contribution is 2.51. The zero-order chi connectivity index (χ0) is 23.0. The summed E-state index contributed by atoms with van der Waals surface area (Å²) >= 11 is 0. The van der Waals surface area contributed by atoms with Crippen molar-refractivity contribution in [1.82, 2.24) is 19.7 Å². The number of rotatable bonds is 1. The first-order valence-electron chi connectivity index (χ1n) is 11.9. The number of aromatic nitrogens is 4. The molecule has 6 nitrogen and oxygen atoms in total. The van der Waals surface area contributed by atoms with E-state index in [-0.39, 0.29) is 11.7 Å². The van der Waals surface area contributed by atoms with Gasteiger partial charge in [0.2, 0.25) is 0 Å². The van der Waals surface area contributed by atoms with Gasteiger partial charge in [-0.25, -0.2) is 9.37 Å². The minimum Gasteiger partial charge on any atom is -0.482 e. The third-order valence-corrected chi connectivity index (χ3v) is 7.34. The fraction of sp³-hybridized carbons (Fsp3) is 0.296.